The Morgan fingerprint density at radius 2 is 2.16 bits per heavy atom. The zero-order valence-electron chi connectivity index (χ0n) is 10.8. The van der Waals surface area contributed by atoms with E-state index in [1.54, 1.807) is 0 Å². The fourth-order valence-corrected chi connectivity index (χ4v) is 2.20. The molecule has 0 spiro atoms. The number of hydrogen-bond acceptors (Lipinski definition) is 3. The van der Waals surface area contributed by atoms with E-state index in [0.717, 1.165) is 5.56 Å². The first-order valence-corrected chi connectivity index (χ1v) is 6.50. The van der Waals surface area contributed by atoms with Crippen LogP contribution in [0.5, 0.6) is 0 Å². The van der Waals surface area contributed by atoms with Crippen LogP contribution < -0.4 is 5.73 Å². The molecule has 2 rings (SSSR count). The molecule has 0 unspecified atom stereocenters. The highest BCUT2D eigenvalue weighted by atomic mass is 19.1. The number of amides is 1. The molecule has 0 saturated carbocycles. The fraction of sp³-hybridized carbons (Fsp3) is 0.500. The molecule has 1 heterocycles. The standard InChI is InChI=1S/C14H19FN2O2/c15-13-9-17(7-6-12(13)8-16)14(18)19-10-11-4-2-1-3-5-11/h1-5,12-13H,6-10,16H2/t12-,13-/m1/s1. The third-order valence-electron chi connectivity index (χ3n) is 3.44. The number of alkyl halides is 1. The number of ether oxygens (including phenoxy) is 1. The van der Waals surface area contributed by atoms with Gasteiger partial charge in [0.25, 0.3) is 0 Å². The summed E-state index contributed by atoms with van der Waals surface area (Å²) in [5.74, 6) is -0.141. The molecule has 0 aromatic heterocycles. The Labute approximate surface area is 112 Å². The van der Waals surface area contributed by atoms with E-state index in [4.69, 9.17) is 10.5 Å². The lowest BCUT2D eigenvalue weighted by Gasteiger charge is -2.33. The molecule has 19 heavy (non-hydrogen) atoms. The number of piperidine rings is 1. The lowest BCUT2D eigenvalue weighted by molar-refractivity contribution is 0.0536. The van der Waals surface area contributed by atoms with Crippen molar-refractivity contribution in [1.82, 2.24) is 4.90 Å². The van der Waals surface area contributed by atoms with E-state index < -0.39 is 12.3 Å². The molecule has 2 N–H and O–H groups in total. The van der Waals surface area contributed by atoms with E-state index in [-0.39, 0.29) is 19.1 Å². The first kappa shape index (κ1) is 13.8. The molecule has 1 fully saturated rings. The van der Waals surface area contributed by atoms with Crippen molar-refractivity contribution in [2.45, 2.75) is 19.2 Å². The average Bonchev–Trinajstić information content (AvgIpc) is 2.45. The summed E-state index contributed by atoms with van der Waals surface area (Å²) in [7, 11) is 0. The second-order valence-corrected chi connectivity index (χ2v) is 4.79. The average molecular weight is 266 g/mol. The molecule has 5 heteroatoms. The molecule has 1 aliphatic rings. The number of rotatable bonds is 3. The minimum atomic E-state index is -1.05. The second kappa shape index (κ2) is 6.52. The van der Waals surface area contributed by atoms with Gasteiger partial charge in [0.15, 0.2) is 0 Å². The molecular formula is C14H19FN2O2. The Morgan fingerprint density at radius 3 is 2.79 bits per heavy atom. The second-order valence-electron chi connectivity index (χ2n) is 4.79. The molecule has 0 bridgehead atoms. The van der Waals surface area contributed by atoms with Gasteiger partial charge in [-0.3, -0.25) is 0 Å². The number of carbonyl (C=O) groups is 1. The minimum Gasteiger partial charge on any atom is -0.445 e. The molecule has 104 valence electrons. The zero-order chi connectivity index (χ0) is 13.7. The van der Waals surface area contributed by atoms with Crippen LogP contribution in [0.3, 0.4) is 0 Å². The topological polar surface area (TPSA) is 55.6 Å². The largest absolute Gasteiger partial charge is 0.445 e. The van der Waals surface area contributed by atoms with Crippen LogP contribution in [0.1, 0.15) is 12.0 Å². The maximum Gasteiger partial charge on any atom is 0.410 e. The van der Waals surface area contributed by atoms with Gasteiger partial charge < -0.3 is 15.4 Å². The quantitative estimate of drug-likeness (QED) is 0.909. The van der Waals surface area contributed by atoms with E-state index in [2.05, 4.69) is 0 Å². The van der Waals surface area contributed by atoms with Crippen molar-refractivity contribution in [3.8, 4) is 0 Å². The molecule has 1 aromatic carbocycles. The van der Waals surface area contributed by atoms with Crippen LogP contribution in [0.4, 0.5) is 9.18 Å². The molecule has 4 nitrogen and oxygen atoms in total. The summed E-state index contributed by atoms with van der Waals surface area (Å²) in [6, 6.07) is 9.43. The van der Waals surface area contributed by atoms with Gasteiger partial charge in [-0.25, -0.2) is 9.18 Å². The predicted molar refractivity (Wildman–Crippen MR) is 70.3 cm³/mol. The number of likely N-dealkylation sites (tertiary alicyclic amines) is 1. The highest BCUT2D eigenvalue weighted by Crippen LogP contribution is 2.20. The van der Waals surface area contributed by atoms with E-state index in [0.29, 0.717) is 19.5 Å². The summed E-state index contributed by atoms with van der Waals surface area (Å²) in [6.07, 6.45) is -0.914. The highest BCUT2D eigenvalue weighted by molar-refractivity contribution is 5.67. The third-order valence-corrected chi connectivity index (χ3v) is 3.44. The first-order valence-electron chi connectivity index (χ1n) is 6.50. The van der Waals surface area contributed by atoms with Gasteiger partial charge in [0.05, 0.1) is 6.54 Å². The number of hydrogen-bond donors (Lipinski definition) is 1. The van der Waals surface area contributed by atoms with Gasteiger partial charge in [0, 0.05) is 12.5 Å². The van der Waals surface area contributed by atoms with Crippen molar-refractivity contribution < 1.29 is 13.9 Å². The molecule has 2 atom stereocenters. The van der Waals surface area contributed by atoms with Gasteiger partial charge in [-0.05, 0) is 18.5 Å². The van der Waals surface area contributed by atoms with Gasteiger partial charge in [-0.1, -0.05) is 30.3 Å². The Kier molecular flexibility index (Phi) is 4.74. The van der Waals surface area contributed by atoms with Crippen molar-refractivity contribution in [2.24, 2.45) is 11.7 Å². The van der Waals surface area contributed by atoms with Gasteiger partial charge in [0.2, 0.25) is 0 Å². The molecule has 1 amide bonds. The van der Waals surface area contributed by atoms with Crippen molar-refractivity contribution >= 4 is 6.09 Å². The molecule has 0 aliphatic carbocycles. The minimum absolute atomic E-state index is 0.0789. The van der Waals surface area contributed by atoms with Gasteiger partial charge >= 0.3 is 6.09 Å². The summed E-state index contributed by atoms with van der Waals surface area (Å²) in [5, 5.41) is 0. The van der Waals surface area contributed by atoms with Crippen LogP contribution in [-0.4, -0.2) is 36.8 Å². The van der Waals surface area contributed by atoms with Crippen LogP contribution in [0, 0.1) is 5.92 Å². The number of carbonyl (C=O) groups excluding carboxylic acids is 1. The number of nitrogens with two attached hydrogens (primary N) is 1. The summed E-state index contributed by atoms with van der Waals surface area (Å²) in [6.45, 7) is 1.13. The first-order chi connectivity index (χ1) is 9.20. The fourth-order valence-electron chi connectivity index (χ4n) is 2.20. The normalized spacial score (nSPS) is 23.2. The predicted octanol–water partition coefficient (Wildman–Crippen LogP) is 1.94. The van der Waals surface area contributed by atoms with Gasteiger partial charge in [-0.15, -0.1) is 0 Å². The summed E-state index contributed by atoms with van der Waals surface area (Å²) < 4.78 is 18.9. The van der Waals surface area contributed by atoms with Gasteiger partial charge in [0.1, 0.15) is 12.8 Å². The van der Waals surface area contributed by atoms with E-state index >= 15 is 0 Å². The molecular weight excluding hydrogens is 247 g/mol. The van der Waals surface area contributed by atoms with Crippen molar-refractivity contribution in [3.63, 3.8) is 0 Å². The van der Waals surface area contributed by atoms with Crippen LogP contribution in [0.2, 0.25) is 0 Å². The number of nitrogens with zero attached hydrogens (tertiary/aromatic N) is 1. The highest BCUT2D eigenvalue weighted by Gasteiger charge is 2.31. The summed E-state index contributed by atoms with van der Waals surface area (Å²) in [4.78, 5) is 13.2. The maximum atomic E-state index is 13.7. The van der Waals surface area contributed by atoms with Crippen molar-refractivity contribution in [3.05, 3.63) is 35.9 Å². The van der Waals surface area contributed by atoms with Gasteiger partial charge in [-0.2, -0.15) is 0 Å². The van der Waals surface area contributed by atoms with E-state index in [9.17, 15) is 9.18 Å². The molecule has 1 saturated heterocycles. The van der Waals surface area contributed by atoms with Crippen LogP contribution in [0.25, 0.3) is 0 Å². The van der Waals surface area contributed by atoms with E-state index in [1.807, 2.05) is 30.3 Å². The van der Waals surface area contributed by atoms with Crippen LogP contribution >= 0.6 is 0 Å². The van der Waals surface area contributed by atoms with Crippen LogP contribution in [-0.2, 0) is 11.3 Å². The maximum absolute atomic E-state index is 13.7. The third kappa shape index (κ3) is 3.67. The summed E-state index contributed by atoms with van der Waals surface area (Å²) in [5.41, 5.74) is 6.40. The van der Waals surface area contributed by atoms with Crippen LogP contribution in [0.15, 0.2) is 30.3 Å². The molecule has 1 aliphatic heterocycles. The lowest BCUT2D eigenvalue weighted by atomic mass is 9.95. The summed E-state index contributed by atoms with van der Waals surface area (Å²) >= 11 is 0. The Hall–Kier alpha value is -1.62. The molecule has 1 aromatic rings. The Bertz CT molecular complexity index is 413. The van der Waals surface area contributed by atoms with E-state index in [1.165, 1.54) is 4.90 Å². The molecule has 0 radical (unpaired) electrons. The smallest absolute Gasteiger partial charge is 0.410 e. The monoisotopic (exact) mass is 266 g/mol. The lowest BCUT2D eigenvalue weighted by Crippen LogP contribution is -2.46. The van der Waals surface area contributed by atoms with Crippen molar-refractivity contribution in [1.29, 1.82) is 0 Å². The number of benzene rings is 1. The van der Waals surface area contributed by atoms with Crippen molar-refractivity contribution in [2.75, 3.05) is 19.6 Å². The Morgan fingerprint density at radius 1 is 1.42 bits per heavy atom. The zero-order valence-corrected chi connectivity index (χ0v) is 10.8. The Balaban J connectivity index is 1.81. The SMILES string of the molecule is NC[C@H]1CCN(C(=O)OCc2ccccc2)C[C@H]1F. The number of halogens is 1.